The van der Waals surface area contributed by atoms with Crippen LogP contribution in [0.5, 0.6) is 5.75 Å². The number of benzene rings is 2. The molecule has 2 aromatic heterocycles. The van der Waals surface area contributed by atoms with E-state index in [0.717, 1.165) is 10.9 Å². The fraction of sp³-hybridized carbons (Fsp3) is 0.0909. The topological polar surface area (TPSA) is 92.8 Å². The zero-order valence-corrected chi connectivity index (χ0v) is 15.7. The van der Waals surface area contributed by atoms with Crippen molar-refractivity contribution in [1.82, 2.24) is 14.8 Å². The monoisotopic (exact) mass is 383 g/mol. The van der Waals surface area contributed by atoms with E-state index in [0.29, 0.717) is 23.7 Å². The van der Waals surface area contributed by atoms with Crippen molar-refractivity contribution >= 4 is 22.6 Å². The maximum Gasteiger partial charge on any atom is 0.256 e. The number of nitrogens with zero attached hydrogens (tertiary/aromatic N) is 4. The first-order chi connectivity index (χ1) is 14.2. The molecule has 142 valence electrons. The highest BCUT2D eigenvalue weighted by molar-refractivity contribution is 6.04. The van der Waals surface area contributed by atoms with E-state index in [1.807, 2.05) is 37.3 Å². The molecule has 0 unspecified atom stereocenters. The lowest BCUT2D eigenvalue weighted by molar-refractivity contribution is 0.102. The molecule has 4 rings (SSSR count). The molecule has 0 aliphatic rings. The van der Waals surface area contributed by atoms with Gasteiger partial charge in [-0.1, -0.05) is 18.2 Å². The first-order valence-corrected chi connectivity index (χ1v) is 9.08. The molecular formula is C22H17N5O2. The fourth-order valence-electron chi connectivity index (χ4n) is 2.95. The minimum absolute atomic E-state index is 0.249. The summed E-state index contributed by atoms with van der Waals surface area (Å²) in [6.45, 7) is 2.45. The molecule has 0 bridgehead atoms. The predicted octanol–water partition coefficient (Wildman–Crippen LogP) is 3.94. The van der Waals surface area contributed by atoms with Gasteiger partial charge in [0.2, 0.25) is 0 Å². The average Bonchev–Trinajstić information content (AvgIpc) is 3.16. The van der Waals surface area contributed by atoms with Crippen molar-refractivity contribution in [3.05, 3.63) is 78.0 Å². The van der Waals surface area contributed by atoms with Crippen molar-refractivity contribution in [1.29, 1.82) is 5.26 Å². The molecule has 0 saturated heterocycles. The molecule has 29 heavy (non-hydrogen) atoms. The number of aromatic nitrogens is 3. The van der Waals surface area contributed by atoms with Crippen LogP contribution in [-0.4, -0.2) is 27.3 Å². The van der Waals surface area contributed by atoms with Crippen LogP contribution in [0.25, 0.3) is 16.7 Å². The highest BCUT2D eigenvalue weighted by atomic mass is 16.5. The largest absolute Gasteiger partial charge is 0.494 e. The van der Waals surface area contributed by atoms with E-state index >= 15 is 0 Å². The van der Waals surface area contributed by atoms with Crippen molar-refractivity contribution < 1.29 is 9.53 Å². The smallest absolute Gasteiger partial charge is 0.256 e. The van der Waals surface area contributed by atoms with Crippen LogP contribution in [0.1, 0.15) is 22.8 Å². The second-order valence-corrected chi connectivity index (χ2v) is 6.20. The summed E-state index contributed by atoms with van der Waals surface area (Å²) in [6.07, 6.45) is 1.41. The summed E-state index contributed by atoms with van der Waals surface area (Å²) in [5, 5.41) is 17.5. The zero-order chi connectivity index (χ0) is 20.2. The number of hydrogen-bond donors (Lipinski definition) is 1. The lowest BCUT2D eigenvalue weighted by Gasteiger charge is -2.10. The Bertz CT molecular complexity index is 1220. The van der Waals surface area contributed by atoms with Gasteiger partial charge in [-0.05, 0) is 49.4 Å². The third-order valence-electron chi connectivity index (χ3n) is 4.35. The second kappa shape index (κ2) is 7.82. The maximum atomic E-state index is 12.7. The summed E-state index contributed by atoms with van der Waals surface area (Å²) < 4.78 is 6.85. The Morgan fingerprint density at radius 2 is 1.93 bits per heavy atom. The first-order valence-electron chi connectivity index (χ1n) is 9.08. The number of carbonyl (C=O) groups excluding carboxylic acids is 1. The van der Waals surface area contributed by atoms with E-state index in [-0.39, 0.29) is 17.3 Å². The molecular weight excluding hydrogens is 366 g/mol. The van der Waals surface area contributed by atoms with Gasteiger partial charge >= 0.3 is 0 Å². The third-order valence-corrected chi connectivity index (χ3v) is 4.35. The highest BCUT2D eigenvalue weighted by Crippen LogP contribution is 2.22. The van der Waals surface area contributed by atoms with E-state index in [1.165, 1.54) is 10.9 Å². The molecule has 2 heterocycles. The fourth-order valence-corrected chi connectivity index (χ4v) is 2.95. The van der Waals surface area contributed by atoms with Crippen LogP contribution in [0, 0.1) is 11.3 Å². The highest BCUT2D eigenvalue weighted by Gasteiger charge is 2.17. The molecule has 0 fully saturated rings. The molecule has 7 nitrogen and oxygen atoms in total. The molecule has 0 aliphatic heterocycles. The van der Waals surface area contributed by atoms with Crippen molar-refractivity contribution in [3.8, 4) is 17.6 Å². The quantitative estimate of drug-likeness (QED) is 0.563. The number of amides is 1. The zero-order valence-electron chi connectivity index (χ0n) is 15.7. The van der Waals surface area contributed by atoms with E-state index in [4.69, 9.17) is 4.74 Å². The van der Waals surface area contributed by atoms with Gasteiger partial charge in [-0.3, -0.25) is 4.79 Å². The van der Waals surface area contributed by atoms with Crippen molar-refractivity contribution in [2.75, 3.05) is 11.9 Å². The summed E-state index contributed by atoms with van der Waals surface area (Å²) in [6, 6.07) is 20.3. The number of nitrogens with one attached hydrogen (secondary N) is 1. The van der Waals surface area contributed by atoms with E-state index in [1.54, 1.807) is 30.3 Å². The van der Waals surface area contributed by atoms with Gasteiger partial charge < -0.3 is 10.1 Å². The van der Waals surface area contributed by atoms with Gasteiger partial charge in [0.05, 0.1) is 18.3 Å². The Morgan fingerprint density at radius 3 is 2.69 bits per heavy atom. The van der Waals surface area contributed by atoms with Crippen LogP contribution in [-0.2, 0) is 0 Å². The molecule has 1 amide bonds. The van der Waals surface area contributed by atoms with Crippen molar-refractivity contribution in [2.24, 2.45) is 0 Å². The average molecular weight is 383 g/mol. The lowest BCUT2D eigenvalue weighted by atomic mass is 10.2. The summed E-state index contributed by atoms with van der Waals surface area (Å²) in [4.78, 5) is 17.3. The Kier molecular flexibility index (Phi) is 4.91. The molecule has 0 saturated carbocycles. The van der Waals surface area contributed by atoms with Gasteiger partial charge in [0.1, 0.15) is 17.4 Å². The Hall–Kier alpha value is -4.18. The third kappa shape index (κ3) is 3.64. The predicted molar refractivity (Wildman–Crippen MR) is 109 cm³/mol. The maximum absolute atomic E-state index is 12.7. The Morgan fingerprint density at radius 1 is 1.14 bits per heavy atom. The molecule has 0 aliphatic carbocycles. The number of nitriles is 1. The Labute approximate surface area is 167 Å². The molecule has 0 atom stereocenters. The van der Waals surface area contributed by atoms with Crippen molar-refractivity contribution in [2.45, 2.75) is 6.92 Å². The van der Waals surface area contributed by atoms with Crippen LogP contribution in [0.2, 0.25) is 0 Å². The normalized spacial score (nSPS) is 10.5. The summed E-state index contributed by atoms with van der Waals surface area (Å²) in [7, 11) is 0. The first kappa shape index (κ1) is 18.2. The van der Waals surface area contributed by atoms with E-state index < -0.39 is 0 Å². The summed E-state index contributed by atoms with van der Waals surface area (Å²) >= 11 is 0. The van der Waals surface area contributed by atoms with Gasteiger partial charge in [0.15, 0.2) is 11.6 Å². The number of carbonyl (C=O) groups is 1. The molecule has 0 spiro atoms. The van der Waals surface area contributed by atoms with Gasteiger partial charge in [0.25, 0.3) is 5.91 Å². The molecule has 0 radical (unpaired) electrons. The molecule has 4 aromatic rings. The standard InChI is InChI=1S/C22H17N5O2/c1-2-29-18-10-7-16(8-11-18)22(28)26-21-17(13-23)14-24-27(21)20-12-9-15-5-3-4-6-19(15)25-20/h3-12,14H,2H2,1H3,(H,26,28). The van der Waals surface area contributed by atoms with Crippen LogP contribution >= 0.6 is 0 Å². The number of hydrogen-bond acceptors (Lipinski definition) is 5. The van der Waals surface area contributed by atoms with Crippen molar-refractivity contribution in [3.63, 3.8) is 0 Å². The van der Waals surface area contributed by atoms with Crippen LogP contribution in [0.15, 0.2) is 66.9 Å². The lowest BCUT2D eigenvalue weighted by Crippen LogP contribution is -2.16. The van der Waals surface area contributed by atoms with Gasteiger partial charge in [-0.25, -0.2) is 4.98 Å². The van der Waals surface area contributed by atoms with Crippen LogP contribution in [0.4, 0.5) is 5.82 Å². The second-order valence-electron chi connectivity index (χ2n) is 6.20. The number of rotatable bonds is 5. The van der Waals surface area contributed by atoms with Crippen LogP contribution < -0.4 is 10.1 Å². The van der Waals surface area contributed by atoms with Gasteiger partial charge in [-0.15, -0.1) is 0 Å². The number of anilines is 1. The number of ether oxygens (including phenoxy) is 1. The Balaban J connectivity index is 1.67. The van der Waals surface area contributed by atoms with Gasteiger partial charge in [-0.2, -0.15) is 15.0 Å². The molecule has 2 aromatic carbocycles. The minimum Gasteiger partial charge on any atom is -0.494 e. The molecule has 7 heteroatoms. The minimum atomic E-state index is -0.355. The van der Waals surface area contributed by atoms with E-state index in [9.17, 15) is 10.1 Å². The molecule has 1 N–H and O–H groups in total. The number of fused-ring (bicyclic) bond motifs is 1. The SMILES string of the molecule is CCOc1ccc(C(=O)Nc2c(C#N)cnn2-c2ccc3ccccc3n2)cc1. The summed E-state index contributed by atoms with van der Waals surface area (Å²) in [5.74, 6) is 1.11. The van der Waals surface area contributed by atoms with Crippen LogP contribution in [0.3, 0.4) is 0 Å². The summed E-state index contributed by atoms with van der Waals surface area (Å²) in [5.41, 5.74) is 1.48. The van der Waals surface area contributed by atoms with Gasteiger partial charge in [0, 0.05) is 10.9 Å². The number of pyridine rings is 1. The number of para-hydroxylation sites is 1. The van der Waals surface area contributed by atoms with E-state index in [2.05, 4.69) is 21.5 Å².